The number of benzene rings is 1. The van der Waals surface area contributed by atoms with Crippen LogP contribution in [0, 0.1) is 0 Å². The fraction of sp³-hybridized carbons (Fsp3) is 0.600. The highest BCUT2D eigenvalue weighted by Crippen LogP contribution is 2.25. The van der Waals surface area contributed by atoms with Gasteiger partial charge < -0.3 is 10.2 Å². The lowest BCUT2D eigenvalue weighted by atomic mass is 10.0. The van der Waals surface area contributed by atoms with Gasteiger partial charge in [-0.1, -0.05) is 6.07 Å². The van der Waals surface area contributed by atoms with Gasteiger partial charge in [0.25, 0.3) is 0 Å². The summed E-state index contributed by atoms with van der Waals surface area (Å²) in [7, 11) is -1.37. The third kappa shape index (κ3) is 3.22. The molecule has 116 valence electrons. The molecule has 1 fully saturated rings. The molecule has 2 aliphatic heterocycles. The Kier molecular flexibility index (Phi) is 4.19. The van der Waals surface area contributed by atoms with Crippen molar-refractivity contribution in [1.82, 2.24) is 9.62 Å². The molecule has 2 aliphatic rings. The van der Waals surface area contributed by atoms with Gasteiger partial charge in [-0.05, 0) is 57.0 Å². The predicted octanol–water partition coefficient (Wildman–Crippen LogP) is 1.42. The summed E-state index contributed by atoms with van der Waals surface area (Å²) in [4.78, 5) is 2.58. The van der Waals surface area contributed by atoms with E-state index in [-0.39, 0.29) is 0 Å². The van der Waals surface area contributed by atoms with Crippen molar-refractivity contribution in [3.8, 4) is 0 Å². The number of nitrogens with zero attached hydrogens (tertiary/aromatic N) is 1. The molecule has 0 bridgehead atoms. The molecule has 1 unspecified atom stereocenters. The Labute approximate surface area is 126 Å². The average molecular weight is 309 g/mol. The summed E-state index contributed by atoms with van der Waals surface area (Å²) in [5.74, 6) is 0. The molecule has 5 nitrogen and oxygen atoms in total. The Morgan fingerprint density at radius 1 is 1.38 bits per heavy atom. The van der Waals surface area contributed by atoms with Crippen molar-refractivity contribution in [2.75, 3.05) is 32.0 Å². The summed E-state index contributed by atoms with van der Waals surface area (Å²) >= 11 is 0. The van der Waals surface area contributed by atoms with E-state index in [1.54, 1.807) is 12.1 Å². The summed E-state index contributed by atoms with van der Waals surface area (Å²) in [6, 6.07) is 5.72. The molecule has 0 spiro atoms. The molecule has 21 heavy (non-hydrogen) atoms. The van der Waals surface area contributed by atoms with Gasteiger partial charge in [0.15, 0.2) is 0 Å². The van der Waals surface area contributed by atoms with Crippen LogP contribution in [0.2, 0.25) is 0 Å². The van der Waals surface area contributed by atoms with E-state index in [0.717, 1.165) is 44.5 Å². The normalized spacial score (nSPS) is 22.8. The Balaban J connectivity index is 1.72. The van der Waals surface area contributed by atoms with E-state index in [4.69, 9.17) is 0 Å². The van der Waals surface area contributed by atoms with Crippen molar-refractivity contribution in [2.24, 2.45) is 0 Å². The summed E-state index contributed by atoms with van der Waals surface area (Å²) in [6.45, 7) is 2.45. The molecule has 1 aromatic rings. The van der Waals surface area contributed by atoms with Crippen molar-refractivity contribution in [3.05, 3.63) is 23.8 Å². The standard InChI is InChI=1S/C15H23N3O2S/c1-18-9-3-5-13(18)11-17-21(19,20)14-7-6-12-4-2-8-16-15(12)10-14/h6-7,10,13,16-17H,2-5,8-9,11H2,1H3. The Morgan fingerprint density at radius 3 is 3.00 bits per heavy atom. The van der Waals surface area contributed by atoms with Crippen LogP contribution in [-0.4, -0.2) is 46.0 Å². The zero-order chi connectivity index (χ0) is 14.9. The van der Waals surface area contributed by atoms with Gasteiger partial charge in [-0.25, -0.2) is 13.1 Å². The van der Waals surface area contributed by atoms with Crippen molar-refractivity contribution in [1.29, 1.82) is 0 Å². The Bertz CT molecular complexity index is 615. The zero-order valence-electron chi connectivity index (χ0n) is 12.4. The highest BCUT2D eigenvalue weighted by atomic mass is 32.2. The maximum atomic E-state index is 12.4. The molecule has 0 saturated carbocycles. The summed E-state index contributed by atoms with van der Waals surface area (Å²) in [5.41, 5.74) is 2.16. The minimum absolute atomic E-state index is 0.315. The van der Waals surface area contributed by atoms with Crippen LogP contribution in [0.15, 0.2) is 23.1 Å². The maximum absolute atomic E-state index is 12.4. The first kappa shape index (κ1) is 14.8. The van der Waals surface area contributed by atoms with Gasteiger partial charge in [0.2, 0.25) is 10.0 Å². The van der Waals surface area contributed by atoms with Crippen LogP contribution in [0.25, 0.3) is 0 Å². The minimum Gasteiger partial charge on any atom is -0.385 e. The maximum Gasteiger partial charge on any atom is 0.240 e. The highest BCUT2D eigenvalue weighted by molar-refractivity contribution is 7.89. The number of anilines is 1. The number of likely N-dealkylation sites (N-methyl/N-ethyl adjacent to an activating group) is 1. The van der Waals surface area contributed by atoms with Gasteiger partial charge >= 0.3 is 0 Å². The van der Waals surface area contributed by atoms with Crippen molar-refractivity contribution in [2.45, 2.75) is 36.6 Å². The zero-order valence-corrected chi connectivity index (χ0v) is 13.2. The molecule has 1 aromatic carbocycles. The third-order valence-corrected chi connectivity index (χ3v) is 5.93. The van der Waals surface area contributed by atoms with E-state index in [1.165, 1.54) is 5.56 Å². The van der Waals surface area contributed by atoms with E-state index in [0.29, 0.717) is 17.5 Å². The van der Waals surface area contributed by atoms with Crippen LogP contribution in [0.1, 0.15) is 24.8 Å². The molecule has 6 heteroatoms. The molecule has 0 aliphatic carbocycles. The summed E-state index contributed by atoms with van der Waals surface area (Å²) in [5, 5.41) is 3.28. The second-order valence-corrected chi connectivity index (χ2v) is 7.74. The van der Waals surface area contributed by atoms with Crippen LogP contribution >= 0.6 is 0 Å². The number of likely N-dealkylation sites (tertiary alicyclic amines) is 1. The quantitative estimate of drug-likeness (QED) is 0.883. The molecule has 1 atom stereocenters. The first-order chi connectivity index (χ1) is 10.1. The SMILES string of the molecule is CN1CCCC1CNS(=O)(=O)c1ccc2c(c1)NCCC2. The van der Waals surface area contributed by atoms with Crippen LogP contribution in [0.3, 0.4) is 0 Å². The van der Waals surface area contributed by atoms with Crippen molar-refractivity contribution >= 4 is 15.7 Å². The lowest BCUT2D eigenvalue weighted by Gasteiger charge is -2.21. The van der Waals surface area contributed by atoms with E-state index in [2.05, 4.69) is 22.0 Å². The molecule has 2 heterocycles. The number of nitrogens with one attached hydrogen (secondary N) is 2. The highest BCUT2D eigenvalue weighted by Gasteiger charge is 2.24. The molecule has 3 rings (SSSR count). The van der Waals surface area contributed by atoms with E-state index < -0.39 is 10.0 Å². The topological polar surface area (TPSA) is 61.4 Å². The lowest BCUT2D eigenvalue weighted by Crippen LogP contribution is -2.38. The second kappa shape index (κ2) is 5.94. The molecular formula is C15H23N3O2S. The number of aryl methyl sites for hydroxylation is 1. The van der Waals surface area contributed by atoms with Crippen LogP contribution in [0.4, 0.5) is 5.69 Å². The molecule has 1 saturated heterocycles. The van der Waals surface area contributed by atoms with Crippen LogP contribution in [-0.2, 0) is 16.4 Å². The Morgan fingerprint density at radius 2 is 2.24 bits per heavy atom. The monoisotopic (exact) mass is 309 g/mol. The summed E-state index contributed by atoms with van der Waals surface area (Å²) < 4.78 is 27.6. The van der Waals surface area contributed by atoms with Crippen LogP contribution < -0.4 is 10.0 Å². The third-order valence-electron chi connectivity index (χ3n) is 4.51. The molecule has 0 amide bonds. The molecule has 0 aromatic heterocycles. The summed E-state index contributed by atoms with van der Waals surface area (Å²) in [6.07, 6.45) is 4.32. The van der Waals surface area contributed by atoms with Gasteiger partial charge in [0.05, 0.1) is 4.90 Å². The smallest absolute Gasteiger partial charge is 0.240 e. The van der Waals surface area contributed by atoms with Crippen LogP contribution in [0.5, 0.6) is 0 Å². The molecular weight excluding hydrogens is 286 g/mol. The predicted molar refractivity (Wildman–Crippen MR) is 84.1 cm³/mol. The number of hydrogen-bond donors (Lipinski definition) is 2. The van der Waals surface area contributed by atoms with Gasteiger partial charge in [-0.3, -0.25) is 0 Å². The lowest BCUT2D eigenvalue weighted by molar-refractivity contribution is 0.311. The fourth-order valence-corrected chi connectivity index (χ4v) is 4.23. The minimum atomic E-state index is -3.42. The number of fused-ring (bicyclic) bond motifs is 1. The second-order valence-electron chi connectivity index (χ2n) is 5.98. The van der Waals surface area contributed by atoms with E-state index >= 15 is 0 Å². The van der Waals surface area contributed by atoms with Crippen molar-refractivity contribution < 1.29 is 8.42 Å². The Hall–Kier alpha value is -1.11. The number of rotatable bonds is 4. The van der Waals surface area contributed by atoms with Gasteiger partial charge in [-0.15, -0.1) is 0 Å². The first-order valence-electron chi connectivity index (χ1n) is 7.63. The first-order valence-corrected chi connectivity index (χ1v) is 9.11. The molecule has 0 radical (unpaired) electrons. The van der Waals surface area contributed by atoms with Gasteiger partial charge in [0, 0.05) is 24.8 Å². The number of hydrogen-bond acceptors (Lipinski definition) is 4. The van der Waals surface area contributed by atoms with Gasteiger partial charge in [0.1, 0.15) is 0 Å². The number of sulfonamides is 1. The van der Waals surface area contributed by atoms with E-state index in [1.807, 2.05) is 6.07 Å². The van der Waals surface area contributed by atoms with E-state index in [9.17, 15) is 8.42 Å². The molecule has 2 N–H and O–H groups in total. The van der Waals surface area contributed by atoms with Gasteiger partial charge in [-0.2, -0.15) is 0 Å². The average Bonchev–Trinajstić information content (AvgIpc) is 2.90. The fourth-order valence-electron chi connectivity index (χ4n) is 3.13. The van der Waals surface area contributed by atoms with Crippen molar-refractivity contribution in [3.63, 3.8) is 0 Å². The largest absolute Gasteiger partial charge is 0.385 e.